The molecule has 0 bridgehead atoms. The van der Waals surface area contributed by atoms with Gasteiger partial charge in [0.05, 0.1) is 16.3 Å². The summed E-state index contributed by atoms with van der Waals surface area (Å²) in [5.74, 6) is -0.754. The van der Waals surface area contributed by atoms with Crippen LogP contribution in [0, 0.1) is 0 Å². The maximum absolute atomic E-state index is 12.5. The first-order valence-corrected chi connectivity index (χ1v) is 11.1. The lowest BCUT2D eigenvalue weighted by Crippen LogP contribution is -2.29. The maximum Gasteiger partial charge on any atom is 0.261 e. The molecule has 3 rings (SSSR count). The van der Waals surface area contributed by atoms with Gasteiger partial charge in [-0.2, -0.15) is 0 Å². The Morgan fingerprint density at radius 3 is 2.15 bits per heavy atom. The van der Waals surface area contributed by atoms with E-state index < -0.39 is 26.0 Å². The molecule has 1 N–H and O–H groups in total. The van der Waals surface area contributed by atoms with Gasteiger partial charge in [0.1, 0.15) is 0 Å². The highest BCUT2D eigenvalue weighted by Crippen LogP contribution is 2.26. The summed E-state index contributed by atoms with van der Waals surface area (Å²) in [5.41, 5.74) is 1.66. The predicted octanol–water partition coefficient (Wildman–Crippen LogP) is 2.12. The Hall–Kier alpha value is -2.39. The molecule has 2 aromatic carbocycles. The number of hydrogen-bond acceptors (Lipinski definition) is 5. The Morgan fingerprint density at radius 2 is 1.65 bits per heavy atom. The molecule has 26 heavy (non-hydrogen) atoms. The first-order valence-electron chi connectivity index (χ1n) is 8.00. The highest BCUT2D eigenvalue weighted by atomic mass is 32.2. The smallest absolute Gasteiger partial charge is 0.261 e. The van der Waals surface area contributed by atoms with E-state index in [2.05, 4.69) is 4.72 Å². The second kappa shape index (κ2) is 6.73. The van der Waals surface area contributed by atoms with Crippen LogP contribution in [0.4, 0.5) is 11.4 Å². The normalized spacial score (nSPS) is 16.7. The Morgan fingerprint density at radius 1 is 1.04 bits per heavy atom. The molecule has 0 saturated carbocycles. The molecule has 0 aromatic heterocycles. The van der Waals surface area contributed by atoms with Gasteiger partial charge in [-0.25, -0.2) is 21.1 Å². The third-order valence-electron chi connectivity index (χ3n) is 4.07. The summed E-state index contributed by atoms with van der Waals surface area (Å²) in [6.07, 6.45) is 0.782. The van der Waals surface area contributed by atoms with Gasteiger partial charge in [-0.3, -0.25) is 9.52 Å². The lowest BCUT2D eigenvalue weighted by Gasteiger charge is -2.15. The molecule has 1 saturated heterocycles. The van der Waals surface area contributed by atoms with Crippen LogP contribution in [0.1, 0.15) is 18.9 Å². The molecule has 1 aliphatic heterocycles. The molecule has 1 amide bonds. The molecule has 0 atom stereocenters. The zero-order valence-corrected chi connectivity index (χ0v) is 15.7. The number of nitrogens with zero attached hydrogens (tertiary/aromatic N) is 1. The number of carbonyl (C=O) groups excluding carboxylic acids is 1. The molecule has 0 radical (unpaired) electrons. The first-order chi connectivity index (χ1) is 12.2. The van der Waals surface area contributed by atoms with Crippen LogP contribution in [0.25, 0.3) is 0 Å². The summed E-state index contributed by atoms with van der Waals surface area (Å²) in [6.45, 7) is 2.01. The number of aryl methyl sites for hydroxylation is 1. The standard InChI is InChI=1S/C17H18N2O5S2/c1-2-13-3-5-14(6-4-13)18-26(23,24)16-9-7-15(8-10-16)19-17(20)11-12-25(19,21)22/h3-10,18H,2,11-12H2,1H3. The van der Waals surface area contributed by atoms with Crippen molar-refractivity contribution in [3.63, 3.8) is 0 Å². The van der Waals surface area contributed by atoms with E-state index in [0.717, 1.165) is 16.3 Å². The Bertz CT molecular complexity index is 1030. The fraction of sp³-hybridized carbons (Fsp3) is 0.235. The highest BCUT2D eigenvalue weighted by molar-refractivity contribution is 7.94. The van der Waals surface area contributed by atoms with Gasteiger partial charge in [0, 0.05) is 12.1 Å². The van der Waals surface area contributed by atoms with Crippen molar-refractivity contribution in [2.24, 2.45) is 0 Å². The topological polar surface area (TPSA) is 101 Å². The molecule has 0 aliphatic carbocycles. The molecule has 138 valence electrons. The van der Waals surface area contributed by atoms with Gasteiger partial charge >= 0.3 is 0 Å². The zero-order chi connectivity index (χ0) is 18.9. The molecule has 2 aromatic rings. The second-order valence-electron chi connectivity index (χ2n) is 5.87. The fourth-order valence-electron chi connectivity index (χ4n) is 2.65. The van der Waals surface area contributed by atoms with Crippen LogP contribution in [0.2, 0.25) is 0 Å². The lowest BCUT2D eigenvalue weighted by atomic mass is 10.2. The first kappa shape index (κ1) is 18.4. The van der Waals surface area contributed by atoms with E-state index in [9.17, 15) is 21.6 Å². The summed E-state index contributed by atoms with van der Waals surface area (Å²) in [4.78, 5) is 11.8. The van der Waals surface area contributed by atoms with Crippen LogP contribution in [0.3, 0.4) is 0 Å². The van der Waals surface area contributed by atoms with E-state index in [1.54, 1.807) is 12.1 Å². The van der Waals surface area contributed by atoms with Crippen molar-refractivity contribution in [1.29, 1.82) is 0 Å². The molecule has 9 heteroatoms. The molecule has 1 heterocycles. The number of anilines is 2. The van der Waals surface area contributed by atoms with Gasteiger partial charge < -0.3 is 0 Å². The summed E-state index contributed by atoms with van der Waals surface area (Å²) in [6, 6.07) is 12.2. The van der Waals surface area contributed by atoms with Crippen LogP contribution in [-0.4, -0.2) is 28.5 Å². The van der Waals surface area contributed by atoms with Crippen molar-refractivity contribution in [3.05, 3.63) is 54.1 Å². The van der Waals surface area contributed by atoms with Gasteiger partial charge in [-0.15, -0.1) is 0 Å². The average Bonchev–Trinajstić information content (AvgIpc) is 2.88. The third kappa shape index (κ3) is 3.58. The zero-order valence-electron chi connectivity index (χ0n) is 14.0. The van der Waals surface area contributed by atoms with Crippen LogP contribution in [-0.2, 0) is 31.3 Å². The summed E-state index contributed by atoms with van der Waals surface area (Å²) >= 11 is 0. The average molecular weight is 394 g/mol. The van der Waals surface area contributed by atoms with E-state index >= 15 is 0 Å². The molecule has 1 fully saturated rings. The van der Waals surface area contributed by atoms with Gasteiger partial charge in [-0.1, -0.05) is 19.1 Å². The summed E-state index contributed by atoms with van der Waals surface area (Å²) in [7, 11) is -7.49. The molecule has 0 spiro atoms. The molecule has 1 aliphatic rings. The van der Waals surface area contributed by atoms with E-state index in [1.165, 1.54) is 24.3 Å². The van der Waals surface area contributed by atoms with Gasteiger partial charge in [0.2, 0.25) is 15.9 Å². The quantitative estimate of drug-likeness (QED) is 0.837. The van der Waals surface area contributed by atoms with Gasteiger partial charge in [0.15, 0.2) is 0 Å². The number of rotatable bonds is 5. The summed E-state index contributed by atoms with van der Waals surface area (Å²) < 4.78 is 52.0. The Kier molecular flexibility index (Phi) is 4.76. The number of benzene rings is 2. The van der Waals surface area contributed by atoms with Crippen LogP contribution >= 0.6 is 0 Å². The van der Waals surface area contributed by atoms with Gasteiger partial charge in [0.25, 0.3) is 10.0 Å². The van der Waals surface area contributed by atoms with Crippen molar-refractivity contribution < 1.29 is 21.6 Å². The summed E-state index contributed by atoms with van der Waals surface area (Å²) in [5, 5.41) is 0. The van der Waals surface area contributed by atoms with E-state index in [0.29, 0.717) is 5.69 Å². The molecule has 7 nitrogen and oxygen atoms in total. The minimum Gasteiger partial charge on any atom is -0.280 e. The van der Waals surface area contributed by atoms with E-state index in [1.807, 2.05) is 19.1 Å². The van der Waals surface area contributed by atoms with Crippen LogP contribution in [0.5, 0.6) is 0 Å². The lowest BCUT2D eigenvalue weighted by molar-refractivity contribution is -0.116. The largest absolute Gasteiger partial charge is 0.280 e. The van der Waals surface area contributed by atoms with Crippen LogP contribution < -0.4 is 9.03 Å². The highest BCUT2D eigenvalue weighted by Gasteiger charge is 2.36. The predicted molar refractivity (Wildman–Crippen MR) is 99.0 cm³/mol. The van der Waals surface area contributed by atoms with Crippen molar-refractivity contribution >= 4 is 37.3 Å². The maximum atomic E-state index is 12.5. The van der Waals surface area contributed by atoms with E-state index in [4.69, 9.17) is 0 Å². The number of sulfonamides is 2. The Labute approximate surface area is 152 Å². The van der Waals surface area contributed by atoms with Crippen LogP contribution in [0.15, 0.2) is 53.4 Å². The molecular formula is C17H18N2O5S2. The number of hydrogen-bond donors (Lipinski definition) is 1. The van der Waals surface area contributed by atoms with Crippen molar-refractivity contribution in [2.45, 2.75) is 24.7 Å². The van der Waals surface area contributed by atoms with Gasteiger partial charge in [-0.05, 0) is 48.4 Å². The molecule has 0 unspecified atom stereocenters. The molecular weight excluding hydrogens is 376 g/mol. The van der Waals surface area contributed by atoms with Crippen molar-refractivity contribution in [1.82, 2.24) is 0 Å². The number of carbonyl (C=O) groups is 1. The second-order valence-corrected chi connectivity index (χ2v) is 9.49. The van der Waals surface area contributed by atoms with E-state index in [-0.39, 0.29) is 22.8 Å². The minimum absolute atomic E-state index is 0.0233. The third-order valence-corrected chi connectivity index (χ3v) is 7.16. The van der Waals surface area contributed by atoms with Crippen molar-refractivity contribution in [2.75, 3.05) is 14.8 Å². The number of nitrogens with one attached hydrogen (secondary N) is 1. The fourth-order valence-corrected chi connectivity index (χ4v) is 5.17. The number of amides is 1. The monoisotopic (exact) mass is 394 g/mol. The Balaban J connectivity index is 1.84. The minimum atomic E-state index is -3.82. The van der Waals surface area contributed by atoms with Crippen molar-refractivity contribution in [3.8, 4) is 0 Å². The SMILES string of the molecule is CCc1ccc(NS(=O)(=O)c2ccc(N3C(=O)CCS3(=O)=O)cc2)cc1.